The maximum absolute atomic E-state index is 12.5. The Kier molecular flexibility index (Phi) is 10.1. The number of rotatable bonds is 9. The van der Waals surface area contributed by atoms with Gasteiger partial charge >= 0.3 is 0 Å². The molecular formula is C24H45N5O2. The summed E-state index contributed by atoms with van der Waals surface area (Å²) >= 11 is 0. The van der Waals surface area contributed by atoms with Gasteiger partial charge in [-0.15, -0.1) is 0 Å². The van der Waals surface area contributed by atoms with Gasteiger partial charge in [-0.3, -0.25) is 14.6 Å². The maximum Gasteiger partial charge on any atom is 0.222 e. The molecule has 2 aliphatic rings. The fourth-order valence-electron chi connectivity index (χ4n) is 4.31. The minimum atomic E-state index is 0.220. The molecule has 0 atom stereocenters. The molecule has 0 spiro atoms. The van der Waals surface area contributed by atoms with Crippen molar-refractivity contribution in [3.63, 3.8) is 0 Å². The molecule has 0 unspecified atom stereocenters. The molecule has 0 radical (unpaired) electrons. The second-order valence-electron chi connectivity index (χ2n) is 10.2. The van der Waals surface area contributed by atoms with E-state index in [2.05, 4.69) is 44.8 Å². The van der Waals surface area contributed by atoms with Gasteiger partial charge in [-0.25, -0.2) is 0 Å². The molecule has 178 valence electrons. The first kappa shape index (κ1) is 25.5. The normalized spacial score (nSPS) is 19.3. The van der Waals surface area contributed by atoms with E-state index in [4.69, 9.17) is 4.99 Å². The summed E-state index contributed by atoms with van der Waals surface area (Å²) in [7, 11) is 0. The number of guanidine groups is 1. The summed E-state index contributed by atoms with van der Waals surface area (Å²) < 4.78 is 0. The number of carbonyl (C=O) groups is 2. The molecular weight excluding hydrogens is 390 g/mol. The van der Waals surface area contributed by atoms with Crippen molar-refractivity contribution in [2.75, 3.05) is 52.4 Å². The van der Waals surface area contributed by atoms with Gasteiger partial charge in [-0.05, 0) is 37.5 Å². The number of hydrogen-bond donors (Lipinski definition) is 1. The van der Waals surface area contributed by atoms with Crippen molar-refractivity contribution >= 4 is 17.8 Å². The van der Waals surface area contributed by atoms with Gasteiger partial charge in [0.2, 0.25) is 11.8 Å². The third-order valence-electron chi connectivity index (χ3n) is 6.19. The van der Waals surface area contributed by atoms with E-state index in [0.29, 0.717) is 50.4 Å². The van der Waals surface area contributed by atoms with Gasteiger partial charge in [0.1, 0.15) is 0 Å². The minimum absolute atomic E-state index is 0.220. The fourth-order valence-corrected chi connectivity index (χ4v) is 4.31. The average Bonchev–Trinajstić information content (AvgIpc) is 3.08. The lowest BCUT2D eigenvalue weighted by Crippen LogP contribution is -2.50. The van der Waals surface area contributed by atoms with Crippen LogP contribution in [0, 0.1) is 11.3 Å². The van der Waals surface area contributed by atoms with Gasteiger partial charge in [0.15, 0.2) is 5.96 Å². The zero-order valence-corrected chi connectivity index (χ0v) is 20.6. The zero-order chi connectivity index (χ0) is 22.9. The van der Waals surface area contributed by atoms with Crippen LogP contribution in [-0.4, -0.2) is 84.8 Å². The van der Waals surface area contributed by atoms with Gasteiger partial charge in [0.05, 0.1) is 0 Å². The fraction of sp³-hybridized carbons (Fsp3) is 0.875. The summed E-state index contributed by atoms with van der Waals surface area (Å²) in [6.07, 6.45) is 5.35. The summed E-state index contributed by atoms with van der Waals surface area (Å²) in [6, 6.07) is 0. The van der Waals surface area contributed by atoms with E-state index in [0.717, 1.165) is 51.4 Å². The van der Waals surface area contributed by atoms with E-state index in [1.54, 1.807) is 0 Å². The summed E-state index contributed by atoms with van der Waals surface area (Å²) in [5, 5.41) is 3.42. The standard InChI is InChI=1S/C24H45N5O2/c1-6-25-23(29-13-11-24(4,5)19-29)26-12-9-7-8-10-21(30)27-14-16-28(17-15-27)22(31)18-20(2)3/h20H,6-19H2,1-5H3,(H,25,26). The Hall–Kier alpha value is -1.79. The highest BCUT2D eigenvalue weighted by molar-refractivity contribution is 5.80. The maximum atomic E-state index is 12.5. The van der Waals surface area contributed by atoms with Crippen LogP contribution in [0.1, 0.15) is 73.1 Å². The summed E-state index contributed by atoms with van der Waals surface area (Å²) in [5.41, 5.74) is 0.365. The van der Waals surface area contributed by atoms with Crippen LogP contribution in [0.25, 0.3) is 0 Å². The molecule has 2 aliphatic heterocycles. The van der Waals surface area contributed by atoms with Crippen LogP contribution in [0.5, 0.6) is 0 Å². The lowest BCUT2D eigenvalue weighted by Gasteiger charge is -2.35. The Morgan fingerprint density at radius 3 is 2.13 bits per heavy atom. The van der Waals surface area contributed by atoms with E-state index < -0.39 is 0 Å². The lowest BCUT2D eigenvalue weighted by atomic mass is 9.93. The molecule has 2 rings (SSSR count). The highest BCUT2D eigenvalue weighted by atomic mass is 16.2. The van der Waals surface area contributed by atoms with Gasteiger partial charge in [0.25, 0.3) is 0 Å². The molecule has 0 bridgehead atoms. The Morgan fingerprint density at radius 2 is 1.58 bits per heavy atom. The third-order valence-corrected chi connectivity index (χ3v) is 6.19. The van der Waals surface area contributed by atoms with E-state index in [-0.39, 0.29) is 11.8 Å². The molecule has 7 heteroatoms. The van der Waals surface area contributed by atoms with Crippen molar-refractivity contribution in [3.8, 4) is 0 Å². The number of nitrogens with zero attached hydrogens (tertiary/aromatic N) is 4. The summed E-state index contributed by atoms with van der Waals surface area (Å²) in [4.78, 5) is 35.7. The van der Waals surface area contributed by atoms with Gasteiger partial charge in [-0.1, -0.05) is 34.1 Å². The van der Waals surface area contributed by atoms with Crippen LogP contribution in [-0.2, 0) is 9.59 Å². The summed E-state index contributed by atoms with van der Waals surface area (Å²) in [6.45, 7) is 17.4. The molecule has 2 amide bonds. The second-order valence-corrected chi connectivity index (χ2v) is 10.2. The number of amides is 2. The van der Waals surface area contributed by atoms with Crippen LogP contribution in [0.2, 0.25) is 0 Å². The molecule has 0 aliphatic carbocycles. The lowest BCUT2D eigenvalue weighted by molar-refractivity contribution is -0.140. The number of nitrogens with one attached hydrogen (secondary N) is 1. The van der Waals surface area contributed by atoms with E-state index in [9.17, 15) is 9.59 Å². The Morgan fingerprint density at radius 1 is 0.935 bits per heavy atom. The van der Waals surface area contributed by atoms with Crippen molar-refractivity contribution in [2.24, 2.45) is 16.3 Å². The first-order valence-electron chi connectivity index (χ1n) is 12.3. The van der Waals surface area contributed by atoms with Crippen molar-refractivity contribution in [2.45, 2.75) is 73.1 Å². The Balaban J connectivity index is 1.62. The molecule has 2 heterocycles. The Labute approximate surface area is 189 Å². The number of likely N-dealkylation sites (tertiary alicyclic amines) is 1. The average molecular weight is 436 g/mol. The highest BCUT2D eigenvalue weighted by Gasteiger charge is 2.30. The first-order valence-corrected chi connectivity index (χ1v) is 12.3. The van der Waals surface area contributed by atoms with Crippen LogP contribution in [0.15, 0.2) is 4.99 Å². The molecule has 0 aromatic carbocycles. The molecule has 0 aromatic rings. The van der Waals surface area contributed by atoms with Gasteiger partial charge in [0, 0.05) is 65.2 Å². The smallest absolute Gasteiger partial charge is 0.222 e. The van der Waals surface area contributed by atoms with E-state index in [1.165, 1.54) is 6.42 Å². The highest BCUT2D eigenvalue weighted by Crippen LogP contribution is 2.28. The third kappa shape index (κ3) is 8.69. The predicted octanol–water partition coefficient (Wildman–Crippen LogP) is 2.96. The molecule has 0 aromatic heterocycles. The molecule has 2 saturated heterocycles. The van der Waals surface area contributed by atoms with E-state index in [1.807, 2.05) is 9.80 Å². The quantitative estimate of drug-likeness (QED) is 0.343. The number of unbranched alkanes of at least 4 members (excludes halogenated alkanes) is 2. The SMILES string of the molecule is CCNC(=NCCCCCC(=O)N1CCN(C(=O)CC(C)C)CC1)N1CCC(C)(C)C1. The van der Waals surface area contributed by atoms with Crippen LogP contribution >= 0.6 is 0 Å². The van der Waals surface area contributed by atoms with Crippen molar-refractivity contribution < 1.29 is 9.59 Å². The minimum Gasteiger partial charge on any atom is -0.357 e. The number of piperazine rings is 1. The van der Waals surface area contributed by atoms with Gasteiger partial charge in [-0.2, -0.15) is 0 Å². The van der Waals surface area contributed by atoms with Crippen molar-refractivity contribution in [1.29, 1.82) is 0 Å². The molecule has 0 saturated carbocycles. The number of hydrogen-bond acceptors (Lipinski definition) is 3. The summed E-state index contributed by atoms with van der Waals surface area (Å²) in [5.74, 6) is 1.87. The topological polar surface area (TPSA) is 68.2 Å². The number of aliphatic imine (C=N–C) groups is 1. The van der Waals surface area contributed by atoms with Crippen LogP contribution in [0.4, 0.5) is 0 Å². The first-order chi connectivity index (χ1) is 14.7. The van der Waals surface area contributed by atoms with Crippen molar-refractivity contribution in [3.05, 3.63) is 0 Å². The largest absolute Gasteiger partial charge is 0.357 e. The molecule has 31 heavy (non-hydrogen) atoms. The molecule has 7 nitrogen and oxygen atoms in total. The zero-order valence-electron chi connectivity index (χ0n) is 20.6. The van der Waals surface area contributed by atoms with Crippen LogP contribution in [0.3, 0.4) is 0 Å². The molecule has 1 N–H and O–H groups in total. The molecule has 2 fully saturated rings. The van der Waals surface area contributed by atoms with Crippen molar-refractivity contribution in [1.82, 2.24) is 20.0 Å². The predicted molar refractivity (Wildman–Crippen MR) is 127 cm³/mol. The number of carbonyl (C=O) groups excluding carboxylic acids is 2. The Bertz CT molecular complexity index is 609. The van der Waals surface area contributed by atoms with Crippen LogP contribution < -0.4 is 5.32 Å². The monoisotopic (exact) mass is 435 g/mol. The van der Waals surface area contributed by atoms with Gasteiger partial charge < -0.3 is 20.0 Å². The second kappa shape index (κ2) is 12.3. The van der Waals surface area contributed by atoms with E-state index >= 15 is 0 Å².